The van der Waals surface area contributed by atoms with Crippen molar-refractivity contribution in [3.63, 3.8) is 0 Å². The van der Waals surface area contributed by atoms with Crippen molar-refractivity contribution in [1.82, 2.24) is 4.90 Å². The Balaban J connectivity index is 1.53. The van der Waals surface area contributed by atoms with Crippen LogP contribution in [0.15, 0.2) is 18.2 Å². The molecule has 1 saturated heterocycles. The molecule has 0 atom stereocenters. The molecule has 1 aromatic rings. The molecule has 4 heteroatoms. The molecule has 1 fully saturated rings. The molecule has 0 aliphatic carbocycles. The van der Waals surface area contributed by atoms with Crippen molar-refractivity contribution >= 4 is 0 Å². The lowest BCUT2D eigenvalue weighted by atomic mass is 10.1. The lowest BCUT2D eigenvalue weighted by molar-refractivity contribution is 0.121. The van der Waals surface area contributed by atoms with Crippen LogP contribution in [0.5, 0.6) is 5.75 Å². The van der Waals surface area contributed by atoms with Crippen molar-refractivity contribution in [2.75, 3.05) is 40.0 Å². The van der Waals surface area contributed by atoms with E-state index in [2.05, 4.69) is 4.90 Å². The molecule has 118 valence electrons. The standard InChI is InChI=1S/C17H26FNO2/c1-20-17-14-15(7-8-16(17)18)6-4-12-21-13-5-11-19-9-2-3-10-19/h7-8,14H,2-6,9-13H2,1H3. The van der Waals surface area contributed by atoms with Crippen LogP contribution in [0.25, 0.3) is 0 Å². The minimum absolute atomic E-state index is 0.306. The van der Waals surface area contributed by atoms with E-state index in [1.165, 1.54) is 39.1 Å². The Morgan fingerprint density at radius 2 is 1.90 bits per heavy atom. The van der Waals surface area contributed by atoms with Gasteiger partial charge in [-0.25, -0.2) is 4.39 Å². The summed E-state index contributed by atoms with van der Waals surface area (Å²) in [5.41, 5.74) is 1.09. The Hall–Kier alpha value is -1.13. The molecule has 1 aliphatic rings. The Labute approximate surface area is 127 Å². The zero-order valence-corrected chi connectivity index (χ0v) is 12.9. The van der Waals surface area contributed by atoms with Gasteiger partial charge in [-0.05, 0) is 62.9 Å². The van der Waals surface area contributed by atoms with Crippen LogP contribution in [0.4, 0.5) is 4.39 Å². The van der Waals surface area contributed by atoms with E-state index in [4.69, 9.17) is 9.47 Å². The zero-order valence-electron chi connectivity index (χ0n) is 12.9. The van der Waals surface area contributed by atoms with Gasteiger partial charge in [0, 0.05) is 19.8 Å². The van der Waals surface area contributed by atoms with Crippen LogP contribution in [0.3, 0.4) is 0 Å². The van der Waals surface area contributed by atoms with E-state index < -0.39 is 0 Å². The van der Waals surface area contributed by atoms with E-state index in [-0.39, 0.29) is 5.82 Å². The normalized spacial score (nSPS) is 15.5. The molecule has 0 bridgehead atoms. The monoisotopic (exact) mass is 295 g/mol. The number of ether oxygens (including phenoxy) is 2. The Morgan fingerprint density at radius 1 is 1.14 bits per heavy atom. The van der Waals surface area contributed by atoms with Crippen LogP contribution in [-0.4, -0.2) is 44.9 Å². The summed E-state index contributed by atoms with van der Waals surface area (Å²) in [5.74, 6) is 0.0124. The SMILES string of the molecule is COc1cc(CCCOCCCN2CCCC2)ccc1F. The molecule has 0 aromatic heterocycles. The number of aryl methyl sites for hydroxylation is 1. The first-order chi connectivity index (χ1) is 10.3. The number of nitrogens with zero attached hydrogens (tertiary/aromatic N) is 1. The van der Waals surface area contributed by atoms with E-state index in [0.717, 1.165) is 44.6 Å². The maximum Gasteiger partial charge on any atom is 0.165 e. The molecule has 3 nitrogen and oxygen atoms in total. The number of rotatable bonds is 9. The van der Waals surface area contributed by atoms with E-state index in [0.29, 0.717) is 5.75 Å². The topological polar surface area (TPSA) is 21.7 Å². The van der Waals surface area contributed by atoms with Crippen LogP contribution in [0.1, 0.15) is 31.2 Å². The molecule has 0 spiro atoms. The molecule has 1 aromatic carbocycles. The van der Waals surface area contributed by atoms with Gasteiger partial charge in [-0.15, -0.1) is 0 Å². The van der Waals surface area contributed by atoms with Crippen LogP contribution < -0.4 is 4.74 Å². The van der Waals surface area contributed by atoms with Crippen molar-refractivity contribution in [3.05, 3.63) is 29.6 Å². The predicted molar refractivity (Wildman–Crippen MR) is 82.4 cm³/mol. The first-order valence-corrected chi connectivity index (χ1v) is 7.92. The first-order valence-electron chi connectivity index (χ1n) is 7.92. The highest BCUT2D eigenvalue weighted by Gasteiger charge is 2.10. The minimum Gasteiger partial charge on any atom is -0.494 e. The van der Waals surface area contributed by atoms with Crippen molar-refractivity contribution < 1.29 is 13.9 Å². The molecule has 0 radical (unpaired) electrons. The number of methoxy groups -OCH3 is 1. The molecule has 21 heavy (non-hydrogen) atoms. The van der Waals surface area contributed by atoms with Crippen LogP contribution in [0, 0.1) is 5.82 Å². The van der Waals surface area contributed by atoms with Crippen LogP contribution in [0.2, 0.25) is 0 Å². The minimum atomic E-state index is -0.306. The molecule has 0 unspecified atom stereocenters. The van der Waals surface area contributed by atoms with Crippen molar-refractivity contribution in [2.24, 2.45) is 0 Å². The Bertz CT molecular complexity index is 419. The molecule has 0 amide bonds. The molecule has 1 aliphatic heterocycles. The maximum atomic E-state index is 13.3. The van der Waals surface area contributed by atoms with Gasteiger partial charge in [-0.3, -0.25) is 0 Å². The van der Waals surface area contributed by atoms with Gasteiger partial charge >= 0.3 is 0 Å². The highest BCUT2D eigenvalue weighted by atomic mass is 19.1. The smallest absolute Gasteiger partial charge is 0.165 e. The maximum absolute atomic E-state index is 13.3. The van der Waals surface area contributed by atoms with Crippen molar-refractivity contribution in [1.29, 1.82) is 0 Å². The van der Waals surface area contributed by atoms with Gasteiger partial charge in [-0.1, -0.05) is 6.07 Å². The predicted octanol–water partition coefficient (Wildman–Crippen LogP) is 3.27. The fourth-order valence-electron chi connectivity index (χ4n) is 2.74. The summed E-state index contributed by atoms with van der Waals surface area (Å²) in [7, 11) is 1.49. The summed E-state index contributed by atoms with van der Waals surface area (Å²) in [6, 6.07) is 5.04. The van der Waals surface area contributed by atoms with E-state index in [9.17, 15) is 4.39 Å². The summed E-state index contributed by atoms with van der Waals surface area (Å²) in [5, 5.41) is 0. The Kier molecular flexibility index (Phi) is 6.96. The molecular formula is C17H26FNO2. The third-order valence-corrected chi connectivity index (χ3v) is 3.93. The third-order valence-electron chi connectivity index (χ3n) is 3.93. The molecular weight excluding hydrogens is 269 g/mol. The van der Waals surface area contributed by atoms with Crippen LogP contribution >= 0.6 is 0 Å². The Morgan fingerprint density at radius 3 is 2.67 bits per heavy atom. The van der Waals surface area contributed by atoms with Gasteiger partial charge in [-0.2, -0.15) is 0 Å². The quantitative estimate of drug-likeness (QED) is 0.653. The molecule has 1 heterocycles. The fraction of sp³-hybridized carbons (Fsp3) is 0.647. The number of hydrogen-bond acceptors (Lipinski definition) is 3. The van der Waals surface area contributed by atoms with Crippen molar-refractivity contribution in [2.45, 2.75) is 32.1 Å². The van der Waals surface area contributed by atoms with E-state index in [1.807, 2.05) is 6.07 Å². The third kappa shape index (κ3) is 5.64. The van der Waals surface area contributed by atoms with Gasteiger partial charge in [0.25, 0.3) is 0 Å². The van der Waals surface area contributed by atoms with Gasteiger partial charge in [0.1, 0.15) is 0 Å². The first kappa shape index (κ1) is 16.2. The van der Waals surface area contributed by atoms with Crippen molar-refractivity contribution in [3.8, 4) is 5.75 Å². The number of likely N-dealkylation sites (tertiary alicyclic amines) is 1. The summed E-state index contributed by atoms with van der Waals surface area (Å²) in [4.78, 5) is 2.51. The molecule has 2 rings (SSSR count). The van der Waals surface area contributed by atoms with Gasteiger partial charge in [0.15, 0.2) is 11.6 Å². The van der Waals surface area contributed by atoms with Gasteiger partial charge in [0.2, 0.25) is 0 Å². The van der Waals surface area contributed by atoms with Crippen LogP contribution in [-0.2, 0) is 11.2 Å². The number of halogens is 1. The molecule has 0 N–H and O–H groups in total. The van der Waals surface area contributed by atoms with Gasteiger partial charge in [0.05, 0.1) is 7.11 Å². The lowest BCUT2D eigenvalue weighted by Gasteiger charge is -2.14. The second kappa shape index (κ2) is 9.00. The number of hydrogen-bond donors (Lipinski definition) is 0. The number of benzene rings is 1. The second-order valence-corrected chi connectivity index (χ2v) is 5.59. The largest absolute Gasteiger partial charge is 0.494 e. The summed E-state index contributed by atoms with van der Waals surface area (Å²) >= 11 is 0. The highest BCUT2D eigenvalue weighted by Crippen LogP contribution is 2.19. The summed E-state index contributed by atoms with van der Waals surface area (Å²) < 4.78 is 23.9. The summed E-state index contributed by atoms with van der Waals surface area (Å²) in [6.45, 7) is 5.27. The highest BCUT2D eigenvalue weighted by molar-refractivity contribution is 5.30. The average Bonchev–Trinajstić information content (AvgIpc) is 3.01. The van der Waals surface area contributed by atoms with E-state index >= 15 is 0 Å². The van der Waals surface area contributed by atoms with E-state index in [1.54, 1.807) is 6.07 Å². The lowest BCUT2D eigenvalue weighted by Crippen LogP contribution is -2.21. The summed E-state index contributed by atoms with van der Waals surface area (Å²) in [6.07, 6.45) is 5.66. The average molecular weight is 295 g/mol. The van der Waals surface area contributed by atoms with Gasteiger partial charge < -0.3 is 14.4 Å². The second-order valence-electron chi connectivity index (χ2n) is 5.59. The molecule has 0 saturated carbocycles. The fourth-order valence-corrected chi connectivity index (χ4v) is 2.74. The zero-order chi connectivity index (χ0) is 14.9.